The Balaban J connectivity index is 1.81. The van der Waals surface area contributed by atoms with Gasteiger partial charge in [-0.05, 0) is 54.7 Å². The summed E-state index contributed by atoms with van der Waals surface area (Å²) in [5, 5.41) is 4.01. The second-order valence-electron chi connectivity index (χ2n) is 8.23. The van der Waals surface area contributed by atoms with Crippen molar-refractivity contribution in [1.82, 2.24) is 5.43 Å². The average molecular weight is 464 g/mol. The predicted octanol–water partition coefficient (Wildman–Crippen LogP) is 4.77. The Morgan fingerprint density at radius 1 is 0.970 bits per heavy atom. The van der Waals surface area contributed by atoms with Crippen LogP contribution in [0.15, 0.2) is 82.8 Å². The highest BCUT2D eigenvalue weighted by atomic mass is 32.2. The third-order valence-corrected chi connectivity index (χ3v) is 7.06. The maximum atomic E-state index is 13.4. The minimum Gasteiger partial charge on any atom is -0.271 e. The van der Waals surface area contributed by atoms with E-state index in [1.165, 1.54) is 11.8 Å². The van der Waals surface area contributed by atoms with E-state index in [1.54, 1.807) is 36.4 Å². The Hall–Kier alpha value is -3.45. The number of anilines is 1. The molecule has 0 aliphatic heterocycles. The Morgan fingerprint density at radius 2 is 1.61 bits per heavy atom. The number of nitrogens with one attached hydrogen (secondary N) is 1. The Bertz CT molecular complexity index is 1230. The van der Waals surface area contributed by atoms with Crippen LogP contribution in [0.25, 0.3) is 0 Å². The summed E-state index contributed by atoms with van der Waals surface area (Å²) in [6.07, 6.45) is 1.54. The van der Waals surface area contributed by atoms with Crippen molar-refractivity contribution >= 4 is 27.8 Å². The lowest BCUT2D eigenvalue weighted by atomic mass is 10.0. The minimum absolute atomic E-state index is 0.123. The summed E-state index contributed by atoms with van der Waals surface area (Å²) in [5.41, 5.74) is 6.64. The van der Waals surface area contributed by atoms with Gasteiger partial charge in [0, 0.05) is 0 Å². The fourth-order valence-corrected chi connectivity index (χ4v) is 4.78. The van der Waals surface area contributed by atoms with Gasteiger partial charge in [0.15, 0.2) is 0 Å². The Morgan fingerprint density at radius 3 is 2.21 bits per heavy atom. The number of rotatable bonds is 8. The number of benzene rings is 3. The third-order valence-electron chi connectivity index (χ3n) is 5.29. The average Bonchev–Trinajstić information content (AvgIpc) is 2.78. The van der Waals surface area contributed by atoms with E-state index in [4.69, 9.17) is 0 Å². The lowest BCUT2D eigenvalue weighted by Gasteiger charge is -2.25. The summed E-state index contributed by atoms with van der Waals surface area (Å²) in [4.78, 5) is 12.8. The zero-order chi connectivity index (χ0) is 24.0. The van der Waals surface area contributed by atoms with Crippen LogP contribution in [-0.2, 0) is 14.8 Å². The van der Waals surface area contributed by atoms with Crippen LogP contribution >= 0.6 is 0 Å². The minimum atomic E-state index is -3.96. The van der Waals surface area contributed by atoms with Crippen LogP contribution in [0.5, 0.6) is 0 Å². The summed E-state index contributed by atoms with van der Waals surface area (Å²) < 4.78 is 28.0. The SMILES string of the molecule is Cc1ccc(S(=O)(=O)N(CC(=O)N/N=C\c2ccc(C(C)C)cc2)c2ccccc2C)cc1. The maximum Gasteiger partial charge on any atom is 0.264 e. The fraction of sp³-hybridized carbons (Fsp3) is 0.231. The van der Waals surface area contributed by atoms with Gasteiger partial charge in [0.05, 0.1) is 16.8 Å². The van der Waals surface area contributed by atoms with Crippen molar-refractivity contribution < 1.29 is 13.2 Å². The molecule has 0 unspecified atom stereocenters. The summed E-state index contributed by atoms with van der Waals surface area (Å²) in [6, 6.07) is 21.5. The van der Waals surface area contributed by atoms with Crippen molar-refractivity contribution in [3.63, 3.8) is 0 Å². The quantitative estimate of drug-likeness (QED) is 0.386. The fourth-order valence-electron chi connectivity index (χ4n) is 3.29. The molecule has 0 bridgehead atoms. The van der Waals surface area contributed by atoms with Crippen LogP contribution in [0.3, 0.4) is 0 Å². The number of amides is 1. The van der Waals surface area contributed by atoms with E-state index in [0.29, 0.717) is 11.6 Å². The zero-order valence-corrected chi connectivity index (χ0v) is 20.1. The third kappa shape index (κ3) is 6.08. The van der Waals surface area contributed by atoms with Gasteiger partial charge in [0.2, 0.25) is 0 Å². The monoisotopic (exact) mass is 463 g/mol. The molecule has 3 aromatic rings. The summed E-state index contributed by atoms with van der Waals surface area (Å²) in [5.74, 6) is -0.109. The van der Waals surface area contributed by atoms with Crippen molar-refractivity contribution in [1.29, 1.82) is 0 Å². The molecule has 3 aromatic carbocycles. The standard InChI is InChI=1S/C26H29N3O3S/c1-19(2)23-13-11-22(12-14-23)17-27-28-26(30)18-29(25-8-6-5-7-21(25)4)33(31,32)24-15-9-20(3)10-16-24/h5-17,19H,18H2,1-4H3,(H,28,30)/b27-17-. The van der Waals surface area contributed by atoms with Gasteiger partial charge in [-0.25, -0.2) is 13.8 Å². The molecule has 0 saturated heterocycles. The topological polar surface area (TPSA) is 78.8 Å². The molecule has 172 valence electrons. The molecule has 0 radical (unpaired) electrons. The number of sulfonamides is 1. The first-order chi connectivity index (χ1) is 15.7. The van der Waals surface area contributed by atoms with E-state index < -0.39 is 22.5 Å². The van der Waals surface area contributed by atoms with E-state index in [-0.39, 0.29) is 4.90 Å². The van der Waals surface area contributed by atoms with Gasteiger partial charge in [-0.2, -0.15) is 5.10 Å². The number of para-hydroxylation sites is 1. The second-order valence-corrected chi connectivity index (χ2v) is 10.1. The van der Waals surface area contributed by atoms with Crippen LogP contribution in [0.4, 0.5) is 5.69 Å². The summed E-state index contributed by atoms with van der Waals surface area (Å²) in [7, 11) is -3.96. The molecule has 1 N–H and O–H groups in total. The number of carbonyl (C=O) groups excluding carboxylic acids is 1. The van der Waals surface area contributed by atoms with Gasteiger partial charge in [-0.1, -0.05) is 74.0 Å². The van der Waals surface area contributed by atoms with Crippen molar-refractivity contribution in [2.45, 2.75) is 38.5 Å². The Labute approximate surface area is 196 Å². The highest BCUT2D eigenvalue weighted by Crippen LogP contribution is 2.26. The summed E-state index contributed by atoms with van der Waals surface area (Å²) >= 11 is 0. The molecule has 7 heteroatoms. The van der Waals surface area contributed by atoms with Crippen molar-refractivity contribution in [3.8, 4) is 0 Å². The van der Waals surface area contributed by atoms with E-state index in [2.05, 4.69) is 24.4 Å². The molecule has 0 aliphatic carbocycles. The molecule has 0 aliphatic rings. The van der Waals surface area contributed by atoms with Crippen LogP contribution < -0.4 is 9.73 Å². The molecule has 0 fully saturated rings. The van der Waals surface area contributed by atoms with Crippen molar-refractivity contribution in [3.05, 3.63) is 95.1 Å². The van der Waals surface area contributed by atoms with Crippen LogP contribution in [0.2, 0.25) is 0 Å². The zero-order valence-electron chi connectivity index (χ0n) is 19.3. The number of hydrogen-bond donors (Lipinski definition) is 1. The van der Waals surface area contributed by atoms with Gasteiger partial charge < -0.3 is 0 Å². The first kappa shape index (κ1) is 24.2. The number of aryl methyl sites for hydroxylation is 2. The van der Waals surface area contributed by atoms with Crippen LogP contribution in [-0.4, -0.2) is 27.1 Å². The lowest BCUT2D eigenvalue weighted by molar-refractivity contribution is -0.119. The normalized spacial score (nSPS) is 11.7. The first-order valence-corrected chi connectivity index (χ1v) is 12.2. The van der Waals surface area contributed by atoms with E-state index in [1.807, 2.05) is 50.2 Å². The largest absolute Gasteiger partial charge is 0.271 e. The molecule has 0 saturated carbocycles. The van der Waals surface area contributed by atoms with Gasteiger partial charge in [-0.15, -0.1) is 0 Å². The highest BCUT2D eigenvalue weighted by Gasteiger charge is 2.28. The van der Waals surface area contributed by atoms with Crippen molar-refractivity contribution in [2.24, 2.45) is 5.10 Å². The van der Waals surface area contributed by atoms with Gasteiger partial charge >= 0.3 is 0 Å². The molecule has 6 nitrogen and oxygen atoms in total. The number of hydrogen-bond acceptors (Lipinski definition) is 4. The second kappa shape index (κ2) is 10.4. The van der Waals surface area contributed by atoms with Gasteiger partial charge in [0.1, 0.15) is 6.54 Å². The molecular weight excluding hydrogens is 434 g/mol. The van der Waals surface area contributed by atoms with E-state index in [9.17, 15) is 13.2 Å². The Kier molecular flexibility index (Phi) is 7.66. The van der Waals surface area contributed by atoms with Gasteiger partial charge in [0.25, 0.3) is 15.9 Å². The smallest absolute Gasteiger partial charge is 0.264 e. The molecule has 0 heterocycles. The van der Waals surface area contributed by atoms with Crippen molar-refractivity contribution in [2.75, 3.05) is 10.8 Å². The molecule has 3 rings (SSSR count). The predicted molar refractivity (Wildman–Crippen MR) is 133 cm³/mol. The maximum absolute atomic E-state index is 13.4. The molecule has 0 aromatic heterocycles. The molecular formula is C26H29N3O3S. The molecule has 0 spiro atoms. The molecule has 33 heavy (non-hydrogen) atoms. The van der Waals surface area contributed by atoms with Crippen LogP contribution in [0, 0.1) is 13.8 Å². The number of nitrogens with zero attached hydrogens (tertiary/aromatic N) is 2. The molecule has 1 amide bonds. The van der Waals surface area contributed by atoms with Crippen LogP contribution in [0.1, 0.15) is 42.0 Å². The lowest BCUT2D eigenvalue weighted by Crippen LogP contribution is -2.40. The number of hydrazone groups is 1. The highest BCUT2D eigenvalue weighted by molar-refractivity contribution is 7.92. The van der Waals surface area contributed by atoms with E-state index in [0.717, 1.165) is 21.0 Å². The number of carbonyl (C=O) groups is 1. The van der Waals surface area contributed by atoms with Gasteiger partial charge in [-0.3, -0.25) is 9.10 Å². The molecule has 0 atom stereocenters. The summed E-state index contributed by atoms with van der Waals surface area (Å²) in [6.45, 7) is 7.54. The van der Waals surface area contributed by atoms with E-state index >= 15 is 0 Å². The first-order valence-electron chi connectivity index (χ1n) is 10.8.